The Morgan fingerprint density at radius 3 is 2.75 bits per heavy atom. The highest BCUT2D eigenvalue weighted by Crippen LogP contribution is 2.09. The van der Waals surface area contributed by atoms with Gasteiger partial charge in [0.05, 0.1) is 13.2 Å². The standard InChI is InChI=1S/C10H18ClN3O2/c1-3-9-12-13-10(11)14(9)5-4-6-16-8-7-15-2/h3-8H2,1-2H3. The quantitative estimate of drug-likeness (QED) is 0.654. The average molecular weight is 248 g/mol. The van der Waals surface area contributed by atoms with E-state index in [1.54, 1.807) is 7.11 Å². The van der Waals surface area contributed by atoms with Crippen LogP contribution in [-0.2, 0) is 22.4 Å². The van der Waals surface area contributed by atoms with Gasteiger partial charge in [0.1, 0.15) is 5.82 Å². The Morgan fingerprint density at radius 1 is 1.25 bits per heavy atom. The van der Waals surface area contributed by atoms with Crippen LogP contribution in [0.25, 0.3) is 0 Å². The predicted molar refractivity (Wildman–Crippen MR) is 61.7 cm³/mol. The number of nitrogens with zero attached hydrogens (tertiary/aromatic N) is 3. The fourth-order valence-corrected chi connectivity index (χ4v) is 1.59. The Morgan fingerprint density at radius 2 is 2.06 bits per heavy atom. The molecule has 0 atom stereocenters. The maximum Gasteiger partial charge on any atom is 0.225 e. The summed E-state index contributed by atoms with van der Waals surface area (Å²) in [5.74, 6) is 0.918. The van der Waals surface area contributed by atoms with E-state index in [2.05, 4.69) is 10.2 Å². The lowest BCUT2D eigenvalue weighted by atomic mass is 10.4. The van der Waals surface area contributed by atoms with Crippen molar-refractivity contribution in [1.29, 1.82) is 0 Å². The first-order chi connectivity index (χ1) is 7.79. The molecule has 0 saturated heterocycles. The van der Waals surface area contributed by atoms with Crippen LogP contribution in [0.3, 0.4) is 0 Å². The van der Waals surface area contributed by atoms with E-state index in [1.165, 1.54) is 0 Å². The molecule has 0 amide bonds. The monoisotopic (exact) mass is 247 g/mol. The molecule has 0 aliphatic heterocycles. The van der Waals surface area contributed by atoms with Crippen molar-refractivity contribution in [3.8, 4) is 0 Å². The zero-order chi connectivity index (χ0) is 11.8. The largest absolute Gasteiger partial charge is 0.382 e. The van der Waals surface area contributed by atoms with Crippen LogP contribution < -0.4 is 0 Å². The second-order valence-electron chi connectivity index (χ2n) is 3.35. The summed E-state index contributed by atoms with van der Waals surface area (Å²) in [6, 6.07) is 0. The van der Waals surface area contributed by atoms with Crippen molar-refractivity contribution in [3.63, 3.8) is 0 Å². The highest BCUT2D eigenvalue weighted by atomic mass is 35.5. The van der Waals surface area contributed by atoms with Crippen molar-refractivity contribution < 1.29 is 9.47 Å². The number of halogens is 1. The van der Waals surface area contributed by atoms with Crippen molar-refractivity contribution in [2.75, 3.05) is 26.9 Å². The van der Waals surface area contributed by atoms with E-state index < -0.39 is 0 Å². The van der Waals surface area contributed by atoms with Crippen LogP contribution in [0, 0.1) is 0 Å². The van der Waals surface area contributed by atoms with Crippen LogP contribution in [0.1, 0.15) is 19.2 Å². The Bertz CT molecular complexity index is 304. The molecule has 0 aliphatic carbocycles. The van der Waals surface area contributed by atoms with Gasteiger partial charge in [-0.05, 0) is 18.0 Å². The van der Waals surface area contributed by atoms with Gasteiger partial charge in [0.2, 0.25) is 5.28 Å². The SMILES string of the molecule is CCc1nnc(Cl)n1CCCOCCOC. The van der Waals surface area contributed by atoms with E-state index in [-0.39, 0.29) is 0 Å². The van der Waals surface area contributed by atoms with E-state index in [0.717, 1.165) is 25.2 Å². The van der Waals surface area contributed by atoms with Crippen molar-refractivity contribution in [1.82, 2.24) is 14.8 Å². The molecule has 0 fully saturated rings. The van der Waals surface area contributed by atoms with Crippen molar-refractivity contribution in [2.45, 2.75) is 26.3 Å². The van der Waals surface area contributed by atoms with Gasteiger partial charge in [0, 0.05) is 26.7 Å². The Labute approximate surface area is 101 Å². The Balaban J connectivity index is 2.23. The summed E-state index contributed by atoms with van der Waals surface area (Å²) in [5, 5.41) is 8.27. The predicted octanol–water partition coefficient (Wildman–Crippen LogP) is 1.55. The molecule has 1 rings (SSSR count). The average Bonchev–Trinajstić information content (AvgIpc) is 2.65. The number of aryl methyl sites for hydroxylation is 1. The number of aromatic nitrogens is 3. The summed E-state index contributed by atoms with van der Waals surface area (Å²) < 4.78 is 12.2. The van der Waals surface area contributed by atoms with E-state index >= 15 is 0 Å². The Hall–Kier alpha value is -0.650. The van der Waals surface area contributed by atoms with Gasteiger partial charge in [-0.2, -0.15) is 0 Å². The molecule has 16 heavy (non-hydrogen) atoms. The van der Waals surface area contributed by atoms with Crippen molar-refractivity contribution in [3.05, 3.63) is 11.1 Å². The summed E-state index contributed by atoms with van der Waals surface area (Å²) in [6.07, 6.45) is 1.73. The first-order valence-electron chi connectivity index (χ1n) is 5.43. The molecule has 0 N–H and O–H groups in total. The van der Waals surface area contributed by atoms with Gasteiger partial charge in [-0.15, -0.1) is 10.2 Å². The minimum atomic E-state index is 0.453. The zero-order valence-corrected chi connectivity index (χ0v) is 10.5. The van der Waals surface area contributed by atoms with Crippen LogP contribution in [-0.4, -0.2) is 41.7 Å². The molecule has 1 heterocycles. The first-order valence-corrected chi connectivity index (χ1v) is 5.81. The minimum Gasteiger partial charge on any atom is -0.382 e. The highest BCUT2D eigenvalue weighted by molar-refractivity contribution is 6.28. The molecular formula is C10H18ClN3O2. The summed E-state index contributed by atoms with van der Waals surface area (Å²) in [6.45, 7) is 4.79. The molecule has 0 unspecified atom stereocenters. The smallest absolute Gasteiger partial charge is 0.225 e. The molecule has 5 nitrogen and oxygen atoms in total. The summed E-state index contributed by atoms with van der Waals surface area (Å²) in [7, 11) is 1.66. The van der Waals surface area contributed by atoms with E-state index in [9.17, 15) is 0 Å². The zero-order valence-electron chi connectivity index (χ0n) is 9.78. The second-order valence-corrected chi connectivity index (χ2v) is 3.69. The van der Waals surface area contributed by atoms with E-state index in [0.29, 0.717) is 25.1 Å². The van der Waals surface area contributed by atoms with Crippen molar-refractivity contribution >= 4 is 11.6 Å². The normalized spacial score (nSPS) is 10.9. The lowest BCUT2D eigenvalue weighted by Crippen LogP contribution is -2.08. The second kappa shape index (κ2) is 7.60. The van der Waals surface area contributed by atoms with Crippen LogP contribution in [0.4, 0.5) is 0 Å². The molecule has 92 valence electrons. The van der Waals surface area contributed by atoms with Crippen LogP contribution in [0.2, 0.25) is 5.28 Å². The summed E-state index contributed by atoms with van der Waals surface area (Å²) in [5.41, 5.74) is 0. The van der Waals surface area contributed by atoms with Gasteiger partial charge in [-0.25, -0.2) is 0 Å². The molecule has 0 radical (unpaired) electrons. The Kier molecular flexibility index (Phi) is 6.37. The molecule has 6 heteroatoms. The molecule has 0 bridgehead atoms. The molecule has 1 aromatic rings. The summed E-state index contributed by atoms with van der Waals surface area (Å²) in [4.78, 5) is 0. The number of methoxy groups -OCH3 is 1. The molecule has 1 aromatic heterocycles. The topological polar surface area (TPSA) is 49.2 Å². The first kappa shape index (κ1) is 13.4. The lowest BCUT2D eigenvalue weighted by Gasteiger charge is -2.07. The third-order valence-electron chi connectivity index (χ3n) is 2.20. The van der Waals surface area contributed by atoms with Gasteiger partial charge in [-0.3, -0.25) is 0 Å². The van der Waals surface area contributed by atoms with Crippen LogP contribution >= 0.6 is 11.6 Å². The minimum absolute atomic E-state index is 0.453. The van der Waals surface area contributed by atoms with Gasteiger partial charge >= 0.3 is 0 Å². The number of hydrogen-bond donors (Lipinski definition) is 0. The van der Waals surface area contributed by atoms with Crippen LogP contribution in [0.15, 0.2) is 0 Å². The summed E-state index contributed by atoms with van der Waals surface area (Å²) >= 11 is 5.91. The number of rotatable bonds is 8. The van der Waals surface area contributed by atoms with Gasteiger partial charge < -0.3 is 14.0 Å². The molecular weight excluding hydrogens is 230 g/mol. The maximum atomic E-state index is 5.91. The lowest BCUT2D eigenvalue weighted by molar-refractivity contribution is 0.0679. The molecule has 0 spiro atoms. The fourth-order valence-electron chi connectivity index (χ4n) is 1.37. The number of ether oxygens (including phenoxy) is 2. The molecule has 0 aromatic carbocycles. The van der Waals surface area contributed by atoms with Gasteiger partial charge in [-0.1, -0.05) is 6.92 Å². The van der Waals surface area contributed by atoms with Crippen LogP contribution in [0.5, 0.6) is 0 Å². The van der Waals surface area contributed by atoms with E-state index in [1.807, 2.05) is 11.5 Å². The number of hydrogen-bond acceptors (Lipinski definition) is 4. The maximum absolute atomic E-state index is 5.91. The highest BCUT2D eigenvalue weighted by Gasteiger charge is 2.07. The van der Waals surface area contributed by atoms with Gasteiger partial charge in [0.15, 0.2) is 0 Å². The third-order valence-corrected chi connectivity index (χ3v) is 2.48. The fraction of sp³-hybridized carbons (Fsp3) is 0.800. The van der Waals surface area contributed by atoms with Gasteiger partial charge in [0.25, 0.3) is 0 Å². The van der Waals surface area contributed by atoms with Crippen molar-refractivity contribution in [2.24, 2.45) is 0 Å². The van der Waals surface area contributed by atoms with E-state index in [4.69, 9.17) is 21.1 Å². The third kappa shape index (κ3) is 4.08. The molecule has 0 saturated carbocycles. The molecule has 0 aliphatic rings.